The van der Waals surface area contributed by atoms with E-state index >= 15 is 0 Å². The van der Waals surface area contributed by atoms with Crippen molar-refractivity contribution in [3.63, 3.8) is 0 Å². The van der Waals surface area contributed by atoms with E-state index in [1.807, 2.05) is 0 Å². The van der Waals surface area contributed by atoms with Gasteiger partial charge < -0.3 is 13.9 Å². The van der Waals surface area contributed by atoms with E-state index in [1.165, 1.54) is 81.9 Å². The minimum absolute atomic E-state index is 0.437. The summed E-state index contributed by atoms with van der Waals surface area (Å²) >= 11 is 0. The van der Waals surface area contributed by atoms with E-state index in [2.05, 4.69) is 214 Å². The Morgan fingerprint density at radius 3 is 1.24 bits per heavy atom. The van der Waals surface area contributed by atoms with E-state index < -0.39 is 18.3 Å². The average molecular weight is 748 g/mol. The Bertz CT molecular complexity index is 3150. The smallest absolute Gasteiger partial charge is 0.399 e. The van der Waals surface area contributed by atoms with Crippen LogP contribution in [0.25, 0.3) is 93.2 Å². The Balaban J connectivity index is 1.39. The monoisotopic (exact) mass is 747 g/mol. The number of hydrogen-bond acceptors (Lipinski definition) is 2. The number of rotatable bonds is 5. The fourth-order valence-corrected chi connectivity index (χ4v) is 9.38. The van der Waals surface area contributed by atoms with Crippen LogP contribution in [0.3, 0.4) is 0 Å². The fourth-order valence-electron chi connectivity index (χ4n) is 9.38. The van der Waals surface area contributed by atoms with Crippen molar-refractivity contribution in [1.29, 1.82) is 0 Å². The molecule has 11 rings (SSSR count). The van der Waals surface area contributed by atoms with Crippen molar-refractivity contribution in [3.05, 3.63) is 182 Å². The van der Waals surface area contributed by atoms with Gasteiger partial charge in [0.1, 0.15) is 0 Å². The van der Waals surface area contributed by atoms with Crippen molar-refractivity contribution in [2.45, 2.75) is 38.9 Å². The predicted octanol–water partition coefficient (Wildman–Crippen LogP) is 13.5. The van der Waals surface area contributed by atoms with E-state index in [9.17, 15) is 0 Å². The second-order valence-corrected chi connectivity index (χ2v) is 16.6. The molecule has 0 atom stereocenters. The summed E-state index contributed by atoms with van der Waals surface area (Å²) < 4.78 is 15.7. The van der Waals surface area contributed by atoms with Gasteiger partial charge in [-0.15, -0.1) is 0 Å². The molecule has 10 aromatic rings. The van der Waals surface area contributed by atoms with Gasteiger partial charge in [-0.25, -0.2) is 0 Å². The van der Waals surface area contributed by atoms with Crippen LogP contribution in [-0.2, 0) is 9.31 Å². The van der Waals surface area contributed by atoms with Gasteiger partial charge in [0.05, 0.1) is 27.9 Å². The van der Waals surface area contributed by atoms with Crippen molar-refractivity contribution in [1.82, 2.24) is 4.57 Å². The molecule has 1 saturated heterocycles. The quantitative estimate of drug-likeness (QED) is 0.129. The van der Waals surface area contributed by atoms with Gasteiger partial charge in [-0.3, -0.25) is 0 Å². The van der Waals surface area contributed by atoms with Gasteiger partial charge in [-0.2, -0.15) is 0 Å². The number of aromatic nitrogens is 1. The number of hydrogen-bond donors (Lipinski definition) is 0. The second kappa shape index (κ2) is 13.0. The summed E-state index contributed by atoms with van der Waals surface area (Å²) in [5, 5.41) is 9.89. The van der Waals surface area contributed by atoms with Gasteiger partial charge in [0.25, 0.3) is 0 Å². The molecule has 0 unspecified atom stereocenters. The molecule has 58 heavy (non-hydrogen) atoms. The molecule has 0 aliphatic carbocycles. The van der Waals surface area contributed by atoms with Crippen LogP contribution in [0, 0.1) is 0 Å². The summed E-state index contributed by atoms with van der Waals surface area (Å²) in [4.78, 5) is 0. The lowest BCUT2D eigenvalue weighted by atomic mass is 9.77. The molecule has 0 spiro atoms. The van der Waals surface area contributed by atoms with Crippen LogP contribution in [0.1, 0.15) is 27.7 Å². The SMILES string of the molecule is CC1(C)OB(c2ccc(-c3c(-n4c5ccccc5c5ccccc54)c(-c4ccccc4)c4c5ccccc5c5ccccc5c4c3-c3ccccc3)cc2)OC1(C)C. The normalized spacial score (nSPS) is 15.0. The van der Waals surface area contributed by atoms with Gasteiger partial charge in [0.15, 0.2) is 0 Å². The first kappa shape index (κ1) is 34.8. The van der Waals surface area contributed by atoms with Crippen LogP contribution in [0.4, 0.5) is 0 Å². The highest BCUT2D eigenvalue weighted by atomic mass is 16.7. The molecule has 1 aliphatic rings. The molecule has 0 saturated carbocycles. The number of nitrogens with zero attached hydrogens (tertiary/aromatic N) is 1. The maximum atomic E-state index is 6.57. The van der Waals surface area contributed by atoms with Crippen molar-refractivity contribution >= 4 is 66.7 Å². The van der Waals surface area contributed by atoms with Crippen LogP contribution < -0.4 is 5.46 Å². The summed E-state index contributed by atoms with van der Waals surface area (Å²) in [6.07, 6.45) is 0. The maximum absolute atomic E-state index is 6.57. The summed E-state index contributed by atoms with van der Waals surface area (Å²) in [6.45, 7) is 8.44. The first-order valence-corrected chi connectivity index (χ1v) is 20.3. The Kier molecular flexibility index (Phi) is 7.82. The molecule has 2 heterocycles. The lowest BCUT2D eigenvalue weighted by Gasteiger charge is -2.32. The first-order valence-electron chi connectivity index (χ1n) is 20.3. The molecule has 0 amide bonds. The summed E-state index contributed by atoms with van der Waals surface area (Å²) in [6, 6.07) is 66.6. The molecule has 1 fully saturated rings. The van der Waals surface area contributed by atoms with Crippen LogP contribution >= 0.6 is 0 Å². The third kappa shape index (κ3) is 5.15. The molecule has 3 nitrogen and oxygen atoms in total. The Morgan fingerprint density at radius 2 is 0.741 bits per heavy atom. The molecule has 9 aromatic carbocycles. The topological polar surface area (TPSA) is 23.4 Å². The largest absolute Gasteiger partial charge is 0.494 e. The van der Waals surface area contributed by atoms with Crippen LogP contribution in [0.15, 0.2) is 182 Å². The van der Waals surface area contributed by atoms with Crippen LogP contribution in [0.2, 0.25) is 0 Å². The molecule has 278 valence electrons. The van der Waals surface area contributed by atoms with Crippen LogP contribution in [-0.4, -0.2) is 22.9 Å². The molecular weight excluding hydrogens is 705 g/mol. The first-order chi connectivity index (χ1) is 28.3. The highest BCUT2D eigenvalue weighted by Crippen LogP contribution is 2.54. The maximum Gasteiger partial charge on any atom is 0.494 e. The molecule has 1 aliphatic heterocycles. The highest BCUT2D eigenvalue weighted by molar-refractivity contribution is 6.62. The molecular formula is C54H42BNO2. The van der Waals surface area contributed by atoms with Gasteiger partial charge in [0.2, 0.25) is 0 Å². The molecule has 1 aromatic heterocycles. The Labute approximate surface area is 339 Å². The number of benzene rings is 9. The van der Waals surface area contributed by atoms with E-state index in [-0.39, 0.29) is 0 Å². The van der Waals surface area contributed by atoms with Crippen LogP contribution in [0.5, 0.6) is 0 Å². The lowest BCUT2D eigenvalue weighted by Crippen LogP contribution is -2.41. The predicted molar refractivity (Wildman–Crippen MR) is 245 cm³/mol. The Morgan fingerprint density at radius 1 is 0.362 bits per heavy atom. The third-order valence-corrected chi connectivity index (χ3v) is 12.8. The zero-order valence-electron chi connectivity index (χ0n) is 33.2. The number of para-hydroxylation sites is 2. The molecule has 0 radical (unpaired) electrons. The van der Waals surface area contributed by atoms with E-state index in [1.54, 1.807) is 0 Å². The van der Waals surface area contributed by atoms with E-state index in [0.29, 0.717) is 0 Å². The van der Waals surface area contributed by atoms with Crippen molar-refractivity contribution in [2.24, 2.45) is 0 Å². The van der Waals surface area contributed by atoms with Gasteiger partial charge in [0, 0.05) is 32.8 Å². The zero-order chi connectivity index (χ0) is 39.2. The Hall–Kier alpha value is -6.46. The zero-order valence-corrected chi connectivity index (χ0v) is 33.2. The lowest BCUT2D eigenvalue weighted by molar-refractivity contribution is 0.00578. The molecule has 4 heteroatoms. The van der Waals surface area contributed by atoms with Gasteiger partial charge in [-0.1, -0.05) is 170 Å². The summed E-state index contributed by atoms with van der Waals surface area (Å²) in [5.41, 5.74) is 10.6. The molecule has 0 bridgehead atoms. The third-order valence-electron chi connectivity index (χ3n) is 12.8. The van der Waals surface area contributed by atoms with Gasteiger partial charge in [-0.05, 0) is 88.9 Å². The average Bonchev–Trinajstić information content (AvgIpc) is 3.71. The van der Waals surface area contributed by atoms with E-state index in [0.717, 1.165) is 16.7 Å². The second-order valence-electron chi connectivity index (χ2n) is 16.6. The van der Waals surface area contributed by atoms with E-state index in [4.69, 9.17) is 9.31 Å². The standard InChI is InChI=1S/C54H42BNO2/c1-53(2)54(3,4)58-55(57-53)38-33-31-37(32-34-38)48-47(35-19-7-5-8-20-35)50-43-27-13-11-23-39(43)40-24-12-14-28-44(40)51(50)49(36-21-9-6-10-22-36)52(48)56-45-29-17-15-25-41(45)42-26-16-18-30-46(42)56/h5-34H,1-4H3. The fraction of sp³-hybridized carbons (Fsp3) is 0.111. The minimum Gasteiger partial charge on any atom is -0.399 e. The summed E-state index contributed by atoms with van der Waals surface area (Å²) in [5.74, 6) is 0. The van der Waals surface area contributed by atoms with Gasteiger partial charge >= 0.3 is 7.12 Å². The highest BCUT2D eigenvalue weighted by Gasteiger charge is 2.51. The van der Waals surface area contributed by atoms with Crippen molar-refractivity contribution < 1.29 is 9.31 Å². The minimum atomic E-state index is -0.462. The molecule has 0 N–H and O–H groups in total. The number of fused-ring (bicyclic) bond motifs is 9. The summed E-state index contributed by atoms with van der Waals surface area (Å²) in [7, 11) is -0.462. The van der Waals surface area contributed by atoms with Crippen molar-refractivity contribution in [3.8, 4) is 39.1 Å². The van der Waals surface area contributed by atoms with Crippen molar-refractivity contribution in [2.75, 3.05) is 0 Å².